The fourth-order valence-corrected chi connectivity index (χ4v) is 3.53. The van der Waals surface area contributed by atoms with Crippen LogP contribution in [-0.2, 0) is 0 Å². The van der Waals surface area contributed by atoms with Crippen molar-refractivity contribution in [3.8, 4) is 11.4 Å². The molecule has 5 rings (SSSR count). The lowest BCUT2D eigenvalue weighted by atomic mass is 10.1. The molecule has 26 heavy (non-hydrogen) atoms. The Balaban J connectivity index is 1.66. The number of para-hydroxylation sites is 1. The van der Waals surface area contributed by atoms with E-state index in [-0.39, 0.29) is 0 Å². The molecule has 6 nitrogen and oxygen atoms in total. The third-order valence-corrected chi connectivity index (χ3v) is 5.08. The molecule has 1 aliphatic rings. The van der Waals surface area contributed by atoms with Gasteiger partial charge in [0.15, 0.2) is 5.82 Å². The van der Waals surface area contributed by atoms with Crippen LogP contribution in [0.2, 0.25) is 0 Å². The number of likely N-dealkylation sites (N-methyl/N-ethyl adjacent to an activating group) is 1. The number of rotatable bonds is 2. The lowest BCUT2D eigenvalue weighted by molar-refractivity contribution is 0.312. The van der Waals surface area contributed by atoms with Crippen LogP contribution in [0.1, 0.15) is 0 Å². The van der Waals surface area contributed by atoms with Crippen LogP contribution in [0.25, 0.3) is 33.2 Å². The van der Waals surface area contributed by atoms with Crippen molar-refractivity contribution in [2.24, 2.45) is 0 Å². The predicted molar refractivity (Wildman–Crippen MR) is 104 cm³/mol. The Kier molecular flexibility index (Phi) is 3.57. The molecular weight excluding hydrogens is 324 g/mol. The maximum Gasteiger partial charge on any atom is 0.162 e. The van der Waals surface area contributed by atoms with Gasteiger partial charge in [-0.25, -0.2) is 9.97 Å². The van der Waals surface area contributed by atoms with E-state index in [1.807, 2.05) is 18.3 Å². The Bertz CT molecular complexity index is 1080. The van der Waals surface area contributed by atoms with Crippen molar-refractivity contribution in [2.75, 3.05) is 38.1 Å². The van der Waals surface area contributed by atoms with Crippen LogP contribution in [0.15, 0.2) is 48.7 Å². The number of anilines is 1. The van der Waals surface area contributed by atoms with Gasteiger partial charge in [-0.2, -0.15) is 5.10 Å². The maximum absolute atomic E-state index is 4.98. The minimum absolute atomic E-state index is 0.765. The van der Waals surface area contributed by atoms with Gasteiger partial charge in [-0.05, 0) is 37.4 Å². The number of hydrogen-bond acceptors (Lipinski definition) is 5. The number of hydrogen-bond donors (Lipinski definition) is 1. The lowest BCUT2D eigenvalue weighted by Crippen LogP contribution is -2.45. The average Bonchev–Trinajstić information content (AvgIpc) is 3.15. The lowest BCUT2D eigenvalue weighted by Gasteiger charge is -2.33. The topological polar surface area (TPSA) is 60.9 Å². The fourth-order valence-electron chi connectivity index (χ4n) is 3.53. The van der Waals surface area contributed by atoms with Crippen molar-refractivity contribution < 1.29 is 0 Å². The molecule has 0 unspecified atom stereocenters. The van der Waals surface area contributed by atoms with Gasteiger partial charge in [-0.3, -0.25) is 5.10 Å². The van der Waals surface area contributed by atoms with Crippen molar-refractivity contribution in [1.29, 1.82) is 0 Å². The minimum Gasteiger partial charge on any atom is -0.353 e. The van der Waals surface area contributed by atoms with Crippen LogP contribution in [0.5, 0.6) is 0 Å². The molecule has 1 saturated heterocycles. The van der Waals surface area contributed by atoms with Crippen LogP contribution >= 0.6 is 0 Å². The number of piperazine rings is 1. The van der Waals surface area contributed by atoms with E-state index in [0.717, 1.165) is 65.2 Å². The Morgan fingerprint density at radius 2 is 1.81 bits per heavy atom. The molecule has 1 fully saturated rings. The number of aromatic amines is 1. The highest BCUT2D eigenvalue weighted by Crippen LogP contribution is 2.29. The first kappa shape index (κ1) is 15.3. The van der Waals surface area contributed by atoms with Gasteiger partial charge in [0.2, 0.25) is 0 Å². The SMILES string of the molecule is CN1CCN(c2nc(-c3ccc4[nH]ncc4c3)nc3ccccc23)CC1. The maximum atomic E-state index is 4.98. The molecule has 1 aliphatic heterocycles. The molecule has 0 saturated carbocycles. The van der Waals surface area contributed by atoms with Crippen molar-refractivity contribution in [3.63, 3.8) is 0 Å². The second-order valence-electron chi connectivity index (χ2n) is 6.85. The van der Waals surface area contributed by atoms with E-state index < -0.39 is 0 Å². The highest BCUT2D eigenvalue weighted by molar-refractivity contribution is 5.92. The van der Waals surface area contributed by atoms with Gasteiger partial charge in [-0.15, -0.1) is 0 Å². The van der Waals surface area contributed by atoms with Crippen molar-refractivity contribution in [2.45, 2.75) is 0 Å². The number of H-pyrrole nitrogens is 1. The summed E-state index contributed by atoms with van der Waals surface area (Å²) in [4.78, 5) is 14.5. The molecule has 0 radical (unpaired) electrons. The number of nitrogens with zero attached hydrogens (tertiary/aromatic N) is 5. The minimum atomic E-state index is 0.765. The Labute approximate surface area is 151 Å². The summed E-state index contributed by atoms with van der Waals surface area (Å²) >= 11 is 0. The van der Waals surface area contributed by atoms with E-state index in [4.69, 9.17) is 9.97 Å². The summed E-state index contributed by atoms with van der Waals surface area (Å²) in [6, 6.07) is 14.5. The summed E-state index contributed by atoms with van der Waals surface area (Å²) in [5.74, 6) is 1.80. The number of benzene rings is 2. The largest absolute Gasteiger partial charge is 0.353 e. The third kappa shape index (κ3) is 2.59. The molecule has 2 aromatic heterocycles. The molecule has 0 atom stereocenters. The smallest absolute Gasteiger partial charge is 0.162 e. The third-order valence-electron chi connectivity index (χ3n) is 5.08. The van der Waals surface area contributed by atoms with Crippen molar-refractivity contribution >= 4 is 27.6 Å². The molecule has 130 valence electrons. The van der Waals surface area contributed by atoms with Crippen molar-refractivity contribution in [3.05, 3.63) is 48.7 Å². The van der Waals surface area contributed by atoms with Crippen LogP contribution in [-0.4, -0.2) is 58.3 Å². The Morgan fingerprint density at radius 1 is 0.962 bits per heavy atom. The van der Waals surface area contributed by atoms with Gasteiger partial charge in [-0.1, -0.05) is 12.1 Å². The summed E-state index contributed by atoms with van der Waals surface area (Å²) in [6.45, 7) is 4.07. The van der Waals surface area contributed by atoms with Gasteiger partial charge in [0, 0.05) is 42.5 Å². The number of fused-ring (bicyclic) bond motifs is 2. The molecule has 6 heteroatoms. The van der Waals surface area contributed by atoms with E-state index in [1.54, 1.807) is 0 Å². The summed E-state index contributed by atoms with van der Waals surface area (Å²) in [5, 5.41) is 9.28. The molecule has 0 bridgehead atoms. The van der Waals surface area contributed by atoms with E-state index >= 15 is 0 Å². The molecule has 1 N–H and O–H groups in total. The fraction of sp³-hybridized carbons (Fsp3) is 0.250. The zero-order valence-electron chi connectivity index (χ0n) is 14.7. The highest BCUT2D eigenvalue weighted by Gasteiger charge is 2.19. The summed E-state index contributed by atoms with van der Waals surface area (Å²) < 4.78 is 0. The number of nitrogens with one attached hydrogen (secondary N) is 1. The molecule has 2 aromatic carbocycles. The number of aromatic nitrogens is 4. The molecule has 3 heterocycles. The second-order valence-corrected chi connectivity index (χ2v) is 6.85. The average molecular weight is 344 g/mol. The summed E-state index contributed by atoms with van der Waals surface area (Å²) in [6.07, 6.45) is 1.83. The molecule has 0 amide bonds. The monoisotopic (exact) mass is 344 g/mol. The zero-order chi connectivity index (χ0) is 17.5. The van der Waals surface area contributed by atoms with Crippen LogP contribution < -0.4 is 4.90 Å². The Hall–Kier alpha value is -2.99. The normalized spacial score (nSPS) is 15.8. The van der Waals surface area contributed by atoms with E-state index in [0.29, 0.717) is 0 Å². The quantitative estimate of drug-likeness (QED) is 0.606. The van der Waals surface area contributed by atoms with Gasteiger partial charge in [0.1, 0.15) is 5.82 Å². The first-order chi connectivity index (χ1) is 12.8. The Morgan fingerprint density at radius 3 is 2.69 bits per heavy atom. The van der Waals surface area contributed by atoms with Crippen LogP contribution in [0.4, 0.5) is 5.82 Å². The molecule has 4 aromatic rings. The molecular formula is C20H20N6. The first-order valence-electron chi connectivity index (χ1n) is 8.92. The summed E-state index contributed by atoms with van der Waals surface area (Å²) in [7, 11) is 2.17. The van der Waals surface area contributed by atoms with Crippen LogP contribution in [0.3, 0.4) is 0 Å². The van der Waals surface area contributed by atoms with E-state index in [9.17, 15) is 0 Å². The van der Waals surface area contributed by atoms with Gasteiger partial charge in [0.05, 0.1) is 17.2 Å². The highest BCUT2D eigenvalue weighted by atomic mass is 15.3. The zero-order valence-corrected chi connectivity index (χ0v) is 14.7. The predicted octanol–water partition coefficient (Wildman–Crippen LogP) is 2.92. The first-order valence-corrected chi connectivity index (χ1v) is 8.92. The van der Waals surface area contributed by atoms with Crippen LogP contribution in [0, 0.1) is 0 Å². The second kappa shape index (κ2) is 6.07. The molecule has 0 aliphatic carbocycles. The molecule has 0 spiro atoms. The van der Waals surface area contributed by atoms with Crippen molar-refractivity contribution in [1.82, 2.24) is 25.1 Å². The van der Waals surface area contributed by atoms with Gasteiger partial charge >= 0.3 is 0 Å². The standard InChI is InChI=1S/C20H20N6/c1-25-8-10-26(11-9-25)20-16-4-2-3-5-18(16)22-19(23-20)14-6-7-17-15(12-14)13-21-24-17/h2-7,12-13H,8-11H2,1H3,(H,21,24). The van der Waals surface area contributed by atoms with Gasteiger partial charge in [0.25, 0.3) is 0 Å². The summed E-state index contributed by atoms with van der Waals surface area (Å²) in [5.41, 5.74) is 3.02. The van der Waals surface area contributed by atoms with E-state index in [2.05, 4.69) is 57.4 Å². The van der Waals surface area contributed by atoms with Gasteiger partial charge < -0.3 is 9.80 Å². The van der Waals surface area contributed by atoms with E-state index in [1.165, 1.54) is 0 Å².